The van der Waals surface area contributed by atoms with Crippen LogP contribution in [0.3, 0.4) is 0 Å². The smallest absolute Gasteiger partial charge is 0.182 e. The van der Waals surface area contributed by atoms with Crippen LogP contribution in [-0.4, -0.2) is 15.5 Å². The Morgan fingerprint density at radius 3 is 2.29 bits per heavy atom. The molecular weight excluding hydrogens is 293 g/mol. The Hall–Kier alpha value is -1.92. The molecular formula is C15H16FNO3S. The van der Waals surface area contributed by atoms with E-state index in [1.165, 1.54) is 31.4 Å². The highest BCUT2D eigenvalue weighted by molar-refractivity contribution is 7.90. The number of methoxy groups -OCH3 is 1. The Morgan fingerprint density at radius 1 is 1.10 bits per heavy atom. The van der Waals surface area contributed by atoms with Crippen molar-refractivity contribution >= 4 is 9.84 Å². The summed E-state index contributed by atoms with van der Waals surface area (Å²) in [6, 6.07) is 10.2. The van der Waals surface area contributed by atoms with Crippen LogP contribution in [0.25, 0.3) is 0 Å². The number of hydrogen-bond acceptors (Lipinski definition) is 4. The second-order valence-corrected chi connectivity index (χ2v) is 6.60. The minimum absolute atomic E-state index is 0.160. The molecule has 2 N–H and O–H groups in total. The molecule has 0 fully saturated rings. The lowest BCUT2D eigenvalue weighted by Gasteiger charge is -2.07. The zero-order valence-electron chi connectivity index (χ0n) is 11.5. The Morgan fingerprint density at radius 2 is 1.71 bits per heavy atom. The van der Waals surface area contributed by atoms with Crippen LogP contribution < -0.4 is 10.5 Å². The number of ether oxygens (including phenoxy) is 1. The predicted molar refractivity (Wildman–Crippen MR) is 78.2 cm³/mol. The molecule has 4 nitrogen and oxygen atoms in total. The molecule has 2 aromatic carbocycles. The van der Waals surface area contributed by atoms with Crippen LogP contribution in [0, 0.1) is 5.82 Å². The fraction of sp³-hybridized carbons (Fsp3) is 0.200. The summed E-state index contributed by atoms with van der Waals surface area (Å²) >= 11 is 0. The van der Waals surface area contributed by atoms with E-state index < -0.39 is 15.7 Å². The summed E-state index contributed by atoms with van der Waals surface area (Å²) in [4.78, 5) is 0.168. The summed E-state index contributed by atoms with van der Waals surface area (Å²) in [5, 5.41) is 0. The fourth-order valence-corrected chi connectivity index (χ4v) is 3.33. The van der Waals surface area contributed by atoms with Crippen LogP contribution in [0.1, 0.15) is 11.1 Å². The summed E-state index contributed by atoms with van der Waals surface area (Å²) in [5.41, 5.74) is 6.41. The van der Waals surface area contributed by atoms with Crippen molar-refractivity contribution in [3.8, 4) is 5.75 Å². The van der Waals surface area contributed by atoms with Gasteiger partial charge in [0.2, 0.25) is 0 Å². The molecule has 0 unspecified atom stereocenters. The Kier molecular flexibility index (Phi) is 4.59. The molecule has 0 heterocycles. The number of halogens is 1. The SMILES string of the molecule is COc1ccc(S(=O)(=O)Cc2cc(F)cc(CN)c2)cc1. The average Bonchev–Trinajstić information content (AvgIpc) is 2.46. The van der Waals surface area contributed by atoms with E-state index in [0.29, 0.717) is 16.9 Å². The third-order valence-corrected chi connectivity index (χ3v) is 4.73. The van der Waals surface area contributed by atoms with Crippen molar-refractivity contribution < 1.29 is 17.5 Å². The number of nitrogens with two attached hydrogens (primary N) is 1. The first kappa shape index (κ1) is 15.5. The van der Waals surface area contributed by atoms with Crippen molar-refractivity contribution in [3.05, 3.63) is 59.4 Å². The lowest BCUT2D eigenvalue weighted by atomic mass is 10.1. The number of sulfone groups is 1. The van der Waals surface area contributed by atoms with Crippen LogP contribution in [-0.2, 0) is 22.1 Å². The van der Waals surface area contributed by atoms with E-state index in [1.807, 2.05) is 0 Å². The van der Waals surface area contributed by atoms with Crippen molar-refractivity contribution in [3.63, 3.8) is 0 Å². The van der Waals surface area contributed by atoms with Gasteiger partial charge in [-0.25, -0.2) is 12.8 Å². The Bertz CT molecular complexity index is 727. The maximum atomic E-state index is 13.4. The first-order chi connectivity index (χ1) is 9.94. The van der Waals surface area contributed by atoms with Crippen molar-refractivity contribution in [1.82, 2.24) is 0 Å². The first-order valence-electron chi connectivity index (χ1n) is 6.30. The molecule has 0 saturated heterocycles. The second-order valence-electron chi connectivity index (χ2n) is 4.61. The average molecular weight is 309 g/mol. The van der Waals surface area contributed by atoms with E-state index in [1.54, 1.807) is 18.2 Å². The van der Waals surface area contributed by atoms with Gasteiger partial charge in [0.15, 0.2) is 9.84 Å². The van der Waals surface area contributed by atoms with Gasteiger partial charge in [-0.05, 0) is 47.5 Å². The molecule has 21 heavy (non-hydrogen) atoms. The van der Waals surface area contributed by atoms with Gasteiger partial charge in [-0.1, -0.05) is 6.07 Å². The molecule has 0 amide bonds. The maximum absolute atomic E-state index is 13.4. The van der Waals surface area contributed by atoms with Crippen LogP contribution in [0.15, 0.2) is 47.4 Å². The summed E-state index contributed by atoms with van der Waals surface area (Å²) < 4.78 is 43.0. The molecule has 0 radical (unpaired) electrons. The van der Waals surface area contributed by atoms with Gasteiger partial charge in [0.25, 0.3) is 0 Å². The molecule has 0 aromatic heterocycles. The Balaban J connectivity index is 2.30. The first-order valence-corrected chi connectivity index (χ1v) is 7.95. The lowest BCUT2D eigenvalue weighted by Crippen LogP contribution is -2.06. The van der Waals surface area contributed by atoms with E-state index in [-0.39, 0.29) is 17.2 Å². The van der Waals surface area contributed by atoms with Crippen LogP contribution in [0.2, 0.25) is 0 Å². The third-order valence-electron chi connectivity index (χ3n) is 3.03. The van der Waals surface area contributed by atoms with Crippen molar-refractivity contribution in [2.75, 3.05) is 7.11 Å². The van der Waals surface area contributed by atoms with Gasteiger partial charge in [-0.15, -0.1) is 0 Å². The molecule has 2 rings (SSSR count). The number of hydrogen-bond donors (Lipinski definition) is 1. The van der Waals surface area contributed by atoms with Gasteiger partial charge in [-0.2, -0.15) is 0 Å². The largest absolute Gasteiger partial charge is 0.497 e. The monoisotopic (exact) mass is 309 g/mol. The van der Waals surface area contributed by atoms with Gasteiger partial charge >= 0.3 is 0 Å². The van der Waals surface area contributed by atoms with Crippen molar-refractivity contribution in [2.24, 2.45) is 5.73 Å². The van der Waals surface area contributed by atoms with Gasteiger partial charge in [-0.3, -0.25) is 0 Å². The molecule has 0 saturated carbocycles. The van der Waals surface area contributed by atoms with E-state index in [4.69, 9.17) is 10.5 Å². The highest BCUT2D eigenvalue weighted by atomic mass is 32.2. The van der Waals surface area contributed by atoms with Crippen LogP contribution in [0.5, 0.6) is 5.75 Å². The molecule has 0 bridgehead atoms. The maximum Gasteiger partial charge on any atom is 0.182 e. The van der Waals surface area contributed by atoms with Crippen LogP contribution >= 0.6 is 0 Å². The molecule has 6 heteroatoms. The minimum Gasteiger partial charge on any atom is -0.497 e. The zero-order valence-corrected chi connectivity index (χ0v) is 12.4. The molecule has 0 spiro atoms. The van der Waals surface area contributed by atoms with Gasteiger partial charge in [0, 0.05) is 6.54 Å². The molecule has 0 atom stereocenters. The van der Waals surface area contributed by atoms with E-state index in [2.05, 4.69) is 0 Å². The van der Waals surface area contributed by atoms with Crippen molar-refractivity contribution in [2.45, 2.75) is 17.2 Å². The van der Waals surface area contributed by atoms with Crippen molar-refractivity contribution in [1.29, 1.82) is 0 Å². The van der Waals surface area contributed by atoms with E-state index in [0.717, 1.165) is 0 Å². The summed E-state index contributed by atoms with van der Waals surface area (Å²) in [6.07, 6.45) is 0. The highest BCUT2D eigenvalue weighted by Crippen LogP contribution is 2.21. The fourth-order valence-electron chi connectivity index (χ4n) is 2.00. The molecule has 0 aliphatic heterocycles. The molecule has 0 aliphatic rings. The quantitative estimate of drug-likeness (QED) is 0.920. The molecule has 2 aromatic rings. The van der Waals surface area contributed by atoms with Gasteiger partial charge < -0.3 is 10.5 Å². The van der Waals surface area contributed by atoms with Crippen LogP contribution in [0.4, 0.5) is 4.39 Å². The van der Waals surface area contributed by atoms with Gasteiger partial charge in [0.05, 0.1) is 17.8 Å². The molecule has 0 aliphatic carbocycles. The number of benzene rings is 2. The van der Waals surface area contributed by atoms with E-state index in [9.17, 15) is 12.8 Å². The highest BCUT2D eigenvalue weighted by Gasteiger charge is 2.16. The second kappa shape index (κ2) is 6.24. The summed E-state index contributed by atoms with van der Waals surface area (Å²) in [7, 11) is -2.04. The zero-order chi connectivity index (χ0) is 15.5. The Labute approximate surface area is 123 Å². The molecule has 112 valence electrons. The standard InChI is InChI=1S/C15H16FNO3S/c1-20-14-2-4-15(5-3-14)21(18,19)10-12-6-11(9-17)7-13(16)8-12/h2-8H,9-10,17H2,1H3. The predicted octanol–water partition coefficient (Wildman–Crippen LogP) is 2.27. The lowest BCUT2D eigenvalue weighted by molar-refractivity contribution is 0.414. The van der Waals surface area contributed by atoms with E-state index >= 15 is 0 Å². The third kappa shape index (κ3) is 3.80. The minimum atomic E-state index is -3.54. The summed E-state index contributed by atoms with van der Waals surface area (Å²) in [5.74, 6) is -0.188. The summed E-state index contributed by atoms with van der Waals surface area (Å²) in [6.45, 7) is 0.160. The normalized spacial score (nSPS) is 11.4. The van der Waals surface area contributed by atoms with Gasteiger partial charge in [0.1, 0.15) is 11.6 Å². The number of rotatable bonds is 5. The topological polar surface area (TPSA) is 69.4 Å².